The van der Waals surface area contributed by atoms with Crippen LogP contribution in [0.3, 0.4) is 0 Å². The Kier molecular flexibility index (Phi) is 1.32. The number of hydrogen-bond acceptors (Lipinski definition) is 3. The highest BCUT2D eigenvalue weighted by atomic mass is 35.5. The van der Waals surface area contributed by atoms with Gasteiger partial charge < -0.3 is 4.52 Å². The van der Waals surface area contributed by atoms with E-state index in [2.05, 4.69) is 10.1 Å². The molecule has 0 fully saturated rings. The second-order valence-electron chi connectivity index (χ2n) is 2.24. The fourth-order valence-electron chi connectivity index (χ4n) is 0.975. The molecule has 0 radical (unpaired) electrons. The van der Waals surface area contributed by atoms with E-state index in [1.165, 1.54) is 0 Å². The summed E-state index contributed by atoms with van der Waals surface area (Å²) < 4.78 is 4.88. The van der Waals surface area contributed by atoms with Crippen molar-refractivity contribution in [3.05, 3.63) is 23.0 Å². The largest absolute Gasteiger partial charge is 0.335 e. The Morgan fingerprint density at radius 1 is 1.55 bits per heavy atom. The lowest BCUT2D eigenvalue weighted by atomic mass is 10.3. The number of rotatable bonds is 0. The van der Waals surface area contributed by atoms with Crippen LogP contribution in [0.5, 0.6) is 0 Å². The first kappa shape index (κ1) is 6.61. The normalized spacial score (nSPS) is 10.7. The number of halogens is 1. The Morgan fingerprint density at radius 2 is 2.36 bits per heavy atom. The molecule has 56 valence electrons. The Bertz CT molecular complexity index is 396. The molecule has 0 spiro atoms. The van der Waals surface area contributed by atoms with Crippen LogP contribution in [0.15, 0.2) is 16.8 Å². The van der Waals surface area contributed by atoms with Crippen LogP contribution in [0.25, 0.3) is 11.1 Å². The molecule has 11 heavy (non-hydrogen) atoms. The summed E-state index contributed by atoms with van der Waals surface area (Å²) in [5.41, 5.74) is 1.27. The number of fused-ring (bicyclic) bond motifs is 1. The van der Waals surface area contributed by atoms with E-state index < -0.39 is 0 Å². The van der Waals surface area contributed by atoms with Crippen molar-refractivity contribution >= 4 is 22.7 Å². The molecule has 0 unspecified atom stereocenters. The van der Waals surface area contributed by atoms with E-state index in [-0.39, 0.29) is 0 Å². The molecule has 3 nitrogen and oxygen atoms in total. The third kappa shape index (κ3) is 0.886. The van der Waals surface area contributed by atoms with E-state index in [0.717, 1.165) is 11.1 Å². The van der Waals surface area contributed by atoms with Crippen molar-refractivity contribution < 1.29 is 4.52 Å². The van der Waals surface area contributed by atoms with Gasteiger partial charge in [0.1, 0.15) is 0 Å². The minimum absolute atomic E-state index is 0.495. The Morgan fingerprint density at radius 3 is 3.09 bits per heavy atom. The molecule has 0 amide bonds. The van der Waals surface area contributed by atoms with Gasteiger partial charge in [-0.1, -0.05) is 16.8 Å². The molecule has 2 aromatic rings. The number of aromatic nitrogens is 2. The summed E-state index contributed by atoms with van der Waals surface area (Å²) in [5, 5.41) is 5.17. The summed E-state index contributed by atoms with van der Waals surface area (Å²) in [6.45, 7) is 1.83. The minimum Gasteiger partial charge on any atom is -0.335 e. The molecule has 4 heteroatoms. The number of aryl methyl sites for hydroxylation is 1. The highest BCUT2D eigenvalue weighted by Gasteiger charge is 2.07. The van der Waals surface area contributed by atoms with E-state index >= 15 is 0 Å². The molecule has 0 aromatic carbocycles. The lowest BCUT2D eigenvalue weighted by Gasteiger charge is -1.88. The zero-order valence-corrected chi connectivity index (χ0v) is 6.59. The number of pyridine rings is 1. The maximum atomic E-state index is 5.86. The fraction of sp³-hybridized carbons (Fsp3) is 0.143. The summed E-state index contributed by atoms with van der Waals surface area (Å²) in [6.07, 6.45) is 1.59. The van der Waals surface area contributed by atoms with Gasteiger partial charge >= 0.3 is 0 Å². The molecular formula is C7H5ClN2O. The first-order valence-corrected chi connectivity index (χ1v) is 3.53. The number of hydrogen-bond donors (Lipinski definition) is 0. The summed E-state index contributed by atoms with van der Waals surface area (Å²) in [6, 6.07) is 1.72. The highest BCUT2D eigenvalue weighted by molar-refractivity contribution is 6.35. The van der Waals surface area contributed by atoms with E-state index in [4.69, 9.17) is 16.1 Å². The zero-order chi connectivity index (χ0) is 7.84. The van der Waals surface area contributed by atoms with Crippen molar-refractivity contribution in [3.8, 4) is 0 Å². The Balaban J connectivity index is 2.96. The SMILES string of the molecule is Cc1noc2nccc(Cl)c12. The molecule has 0 N–H and O–H groups in total. The van der Waals surface area contributed by atoms with E-state index in [1.54, 1.807) is 12.3 Å². The van der Waals surface area contributed by atoms with Crippen molar-refractivity contribution in [2.45, 2.75) is 6.92 Å². The van der Waals surface area contributed by atoms with Crippen LogP contribution < -0.4 is 0 Å². The summed E-state index contributed by atoms with van der Waals surface area (Å²) in [5.74, 6) is 0. The van der Waals surface area contributed by atoms with Crippen LogP contribution in [0, 0.1) is 6.92 Å². The average Bonchev–Trinajstić information content (AvgIpc) is 2.34. The van der Waals surface area contributed by atoms with Crippen LogP contribution in [-0.2, 0) is 0 Å². The van der Waals surface area contributed by atoms with Gasteiger partial charge in [-0.25, -0.2) is 4.98 Å². The van der Waals surface area contributed by atoms with Gasteiger partial charge in [-0.3, -0.25) is 0 Å². The molecule has 0 bridgehead atoms. The van der Waals surface area contributed by atoms with Crippen molar-refractivity contribution in [2.24, 2.45) is 0 Å². The van der Waals surface area contributed by atoms with Crippen molar-refractivity contribution in [2.75, 3.05) is 0 Å². The molecule has 2 heterocycles. The van der Waals surface area contributed by atoms with Crippen molar-refractivity contribution in [1.82, 2.24) is 10.1 Å². The third-order valence-electron chi connectivity index (χ3n) is 1.50. The van der Waals surface area contributed by atoms with Crippen molar-refractivity contribution in [1.29, 1.82) is 0 Å². The van der Waals surface area contributed by atoms with Gasteiger partial charge in [0.15, 0.2) is 0 Å². The highest BCUT2D eigenvalue weighted by Crippen LogP contribution is 2.23. The second kappa shape index (κ2) is 2.20. The lowest BCUT2D eigenvalue weighted by Crippen LogP contribution is -1.74. The smallest absolute Gasteiger partial charge is 0.259 e. The van der Waals surface area contributed by atoms with Gasteiger partial charge in [-0.05, 0) is 13.0 Å². The zero-order valence-electron chi connectivity index (χ0n) is 5.84. The first-order valence-electron chi connectivity index (χ1n) is 3.15. The quantitative estimate of drug-likeness (QED) is 0.605. The maximum absolute atomic E-state index is 5.86. The molecule has 0 aliphatic rings. The molecule has 0 atom stereocenters. The molecule has 0 saturated carbocycles. The average molecular weight is 169 g/mol. The predicted octanol–water partition coefficient (Wildman–Crippen LogP) is 2.18. The van der Waals surface area contributed by atoms with Crippen LogP contribution in [0.2, 0.25) is 5.02 Å². The maximum Gasteiger partial charge on any atom is 0.259 e. The second-order valence-corrected chi connectivity index (χ2v) is 2.65. The Hall–Kier alpha value is -1.09. The molecule has 0 saturated heterocycles. The fourth-order valence-corrected chi connectivity index (χ4v) is 1.25. The van der Waals surface area contributed by atoms with Gasteiger partial charge in [-0.15, -0.1) is 0 Å². The van der Waals surface area contributed by atoms with Crippen LogP contribution in [0.1, 0.15) is 5.69 Å². The molecule has 2 rings (SSSR count). The van der Waals surface area contributed by atoms with Gasteiger partial charge in [0.05, 0.1) is 16.1 Å². The van der Waals surface area contributed by atoms with E-state index in [9.17, 15) is 0 Å². The van der Waals surface area contributed by atoms with Crippen LogP contribution in [-0.4, -0.2) is 10.1 Å². The molecule has 0 aliphatic carbocycles. The van der Waals surface area contributed by atoms with Crippen LogP contribution >= 0.6 is 11.6 Å². The van der Waals surface area contributed by atoms with Crippen LogP contribution in [0.4, 0.5) is 0 Å². The summed E-state index contributed by atoms with van der Waals surface area (Å²) >= 11 is 5.86. The van der Waals surface area contributed by atoms with E-state index in [0.29, 0.717) is 10.7 Å². The standard InChI is InChI=1S/C7H5ClN2O/c1-4-6-5(8)2-3-9-7(6)11-10-4/h2-3H,1H3. The van der Waals surface area contributed by atoms with Gasteiger partial charge in [0, 0.05) is 6.20 Å². The monoisotopic (exact) mass is 168 g/mol. The third-order valence-corrected chi connectivity index (χ3v) is 1.81. The predicted molar refractivity (Wildman–Crippen MR) is 41.6 cm³/mol. The number of nitrogens with zero attached hydrogens (tertiary/aromatic N) is 2. The summed E-state index contributed by atoms with van der Waals surface area (Å²) in [4.78, 5) is 3.95. The summed E-state index contributed by atoms with van der Waals surface area (Å²) in [7, 11) is 0. The molecule has 2 aromatic heterocycles. The molecule has 0 aliphatic heterocycles. The van der Waals surface area contributed by atoms with Gasteiger partial charge in [0.2, 0.25) is 0 Å². The van der Waals surface area contributed by atoms with Gasteiger partial charge in [-0.2, -0.15) is 0 Å². The molecular weight excluding hydrogens is 164 g/mol. The minimum atomic E-state index is 0.495. The topological polar surface area (TPSA) is 38.9 Å². The Labute approximate surface area is 68.0 Å². The lowest BCUT2D eigenvalue weighted by molar-refractivity contribution is 0.443. The van der Waals surface area contributed by atoms with Gasteiger partial charge in [0.25, 0.3) is 5.71 Å². The first-order chi connectivity index (χ1) is 5.29. The van der Waals surface area contributed by atoms with Crippen molar-refractivity contribution in [3.63, 3.8) is 0 Å². The van der Waals surface area contributed by atoms with E-state index in [1.807, 2.05) is 6.92 Å².